The summed E-state index contributed by atoms with van der Waals surface area (Å²) in [6.07, 6.45) is 0.912. The zero-order chi connectivity index (χ0) is 18.5. The highest BCUT2D eigenvalue weighted by Gasteiger charge is 2.15. The van der Waals surface area contributed by atoms with E-state index in [1.54, 1.807) is 7.11 Å². The van der Waals surface area contributed by atoms with E-state index in [1.807, 2.05) is 53.2 Å². The first kappa shape index (κ1) is 19.0. The van der Waals surface area contributed by atoms with Crippen LogP contribution in [-0.4, -0.2) is 23.4 Å². The zero-order valence-corrected chi connectivity index (χ0v) is 17.1. The quantitative estimate of drug-likeness (QED) is 0.556. The number of nitrogens with one attached hydrogen (secondary N) is 1. The number of aromatic nitrogens is 2. The van der Waals surface area contributed by atoms with Crippen molar-refractivity contribution in [2.75, 3.05) is 13.7 Å². The van der Waals surface area contributed by atoms with Crippen molar-refractivity contribution in [3.8, 4) is 11.6 Å². The monoisotopic (exact) mass is 433 g/mol. The van der Waals surface area contributed by atoms with Gasteiger partial charge in [-0.05, 0) is 61.9 Å². The lowest BCUT2D eigenvalue weighted by Gasteiger charge is -2.11. The first-order valence-corrected chi connectivity index (χ1v) is 9.61. The van der Waals surface area contributed by atoms with Crippen molar-refractivity contribution in [3.63, 3.8) is 0 Å². The van der Waals surface area contributed by atoms with Gasteiger partial charge in [-0.25, -0.2) is 4.68 Å². The lowest BCUT2D eigenvalue weighted by Crippen LogP contribution is -2.21. The third kappa shape index (κ3) is 4.67. The molecule has 0 bridgehead atoms. The Labute approximate surface area is 167 Å². The topological polar surface area (TPSA) is 39.1 Å². The molecule has 0 aliphatic heterocycles. The summed E-state index contributed by atoms with van der Waals surface area (Å²) in [4.78, 5) is 0. The van der Waals surface area contributed by atoms with Gasteiger partial charge in [0.15, 0.2) is 0 Å². The molecule has 2 aromatic carbocycles. The van der Waals surface area contributed by atoms with Crippen LogP contribution in [0.3, 0.4) is 0 Å². The van der Waals surface area contributed by atoms with Crippen LogP contribution in [0.1, 0.15) is 24.2 Å². The van der Waals surface area contributed by atoms with Crippen LogP contribution in [0.25, 0.3) is 5.69 Å². The van der Waals surface area contributed by atoms with E-state index < -0.39 is 0 Å². The molecule has 4 nitrogen and oxygen atoms in total. The Kier molecular flexibility index (Phi) is 6.35. The molecule has 0 spiro atoms. The molecule has 1 heterocycles. The van der Waals surface area contributed by atoms with Gasteiger partial charge in [0.2, 0.25) is 5.88 Å². The van der Waals surface area contributed by atoms with Crippen molar-refractivity contribution >= 4 is 27.5 Å². The summed E-state index contributed by atoms with van der Waals surface area (Å²) in [6, 6.07) is 18.0. The van der Waals surface area contributed by atoms with Crippen molar-refractivity contribution in [3.05, 3.63) is 75.4 Å². The largest absolute Gasteiger partial charge is 0.481 e. The number of halogens is 2. The zero-order valence-electron chi connectivity index (χ0n) is 14.7. The van der Waals surface area contributed by atoms with E-state index in [4.69, 9.17) is 21.4 Å². The van der Waals surface area contributed by atoms with Crippen LogP contribution in [0.15, 0.2) is 59.1 Å². The van der Waals surface area contributed by atoms with Crippen LogP contribution < -0.4 is 10.1 Å². The minimum absolute atomic E-state index is 0.111. The molecule has 0 fully saturated rings. The molecular formula is C20H21BrClN3O. The number of nitrogens with zero attached hydrogens (tertiary/aromatic N) is 2. The first-order valence-electron chi connectivity index (χ1n) is 8.44. The molecule has 26 heavy (non-hydrogen) atoms. The number of methoxy groups -OCH3 is 1. The Morgan fingerprint density at radius 2 is 1.96 bits per heavy atom. The van der Waals surface area contributed by atoms with E-state index in [0.29, 0.717) is 5.88 Å². The van der Waals surface area contributed by atoms with Gasteiger partial charge in [-0.15, -0.1) is 0 Å². The molecule has 3 rings (SSSR count). The molecule has 3 aromatic rings. The van der Waals surface area contributed by atoms with Gasteiger partial charge in [0.1, 0.15) is 0 Å². The molecule has 136 valence electrons. The van der Waals surface area contributed by atoms with Gasteiger partial charge in [0, 0.05) is 21.6 Å². The van der Waals surface area contributed by atoms with E-state index in [-0.39, 0.29) is 6.04 Å². The van der Waals surface area contributed by atoms with E-state index in [9.17, 15) is 0 Å². The Balaban J connectivity index is 1.67. The second-order valence-corrected chi connectivity index (χ2v) is 7.41. The molecule has 0 unspecified atom stereocenters. The molecule has 1 aromatic heterocycles. The first-order chi connectivity index (χ1) is 12.6. The van der Waals surface area contributed by atoms with E-state index >= 15 is 0 Å². The number of ether oxygens (including phenoxy) is 1. The predicted octanol–water partition coefficient (Wildman–Crippen LogP) is 5.19. The van der Waals surface area contributed by atoms with Crippen molar-refractivity contribution in [1.29, 1.82) is 0 Å². The Hall–Kier alpha value is -1.82. The van der Waals surface area contributed by atoms with E-state index in [2.05, 4.69) is 34.2 Å². The minimum Gasteiger partial charge on any atom is -0.481 e. The van der Waals surface area contributed by atoms with Gasteiger partial charge >= 0.3 is 0 Å². The highest BCUT2D eigenvalue weighted by atomic mass is 79.9. The SMILES string of the molecule is COc1cc([C@@H](C)NCCc2cccc(Cl)c2)nn1-c1ccc(Br)cc1. The summed E-state index contributed by atoms with van der Waals surface area (Å²) in [7, 11) is 1.66. The maximum atomic E-state index is 6.04. The van der Waals surface area contributed by atoms with E-state index in [0.717, 1.165) is 33.8 Å². The molecule has 0 aliphatic carbocycles. The normalized spacial score (nSPS) is 12.2. The molecule has 1 N–H and O–H groups in total. The van der Waals surface area contributed by atoms with Gasteiger partial charge in [0.25, 0.3) is 0 Å². The third-order valence-corrected chi connectivity index (χ3v) is 4.94. The summed E-state index contributed by atoms with van der Waals surface area (Å²) >= 11 is 9.49. The van der Waals surface area contributed by atoms with Crippen LogP contribution >= 0.6 is 27.5 Å². The molecule has 0 saturated heterocycles. The number of benzene rings is 2. The lowest BCUT2D eigenvalue weighted by atomic mass is 10.1. The fraction of sp³-hybridized carbons (Fsp3) is 0.250. The summed E-state index contributed by atoms with van der Waals surface area (Å²) in [5.74, 6) is 0.714. The summed E-state index contributed by atoms with van der Waals surface area (Å²) in [6.45, 7) is 2.95. The molecule has 0 amide bonds. The van der Waals surface area contributed by atoms with Crippen molar-refractivity contribution < 1.29 is 4.74 Å². The highest BCUT2D eigenvalue weighted by Crippen LogP contribution is 2.24. The Bertz CT molecular complexity index is 864. The summed E-state index contributed by atoms with van der Waals surface area (Å²) in [5.41, 5.74) is 3.12. The smallest absolute Gasteiger partial charge is 0.216 e. The van der Waals surface area contributed by atoms with Crippen molar-refractivity contribution in [2.45, 2.75) is 19.4 Å². The van der Waals surface area contributed by atoms with Gasteiger partial charge in [-0.3, -0.25) is 0 Å². The van der Waals surface area contributed by atoms with Gasteiger partial charge in [0.05, 0.1) is 18.5 Å². The van der Waals surface area contributed by atoms with Gasteiger partial charge in [-0.2, -0.15) is 5.10 Å². The van der Waals surface area contributed by atoms with Gasteiger partial charge in [-0.1, -0.05) is 39.7 Å². The number of rotatable bonds is 7. The Morgan fingerprint density at radius 3 is 2.65 bits per heavy atom. The number of hydrogen-bond donors (Lipinski definition) is 1. The molecule has 1 atom stereocenters. The number of hydrogen-bond acceptors (Lipinski definition) is 3. The molecule has 6 heteroatoms. The van der Waals surface area contributed by atoms with Crippen molar-refractivity contribution in [1.82, 2.24) is 15.1 Å². The molecule has 0 radical (unpaired) electrons. The summed E-state index contributed by atoms with van der Waals surface area (Å²) < 4.78 is 8.34. The van der Waals surface area contributed by atoms with E-state index in [1.165, 1.54) is 5.56 Å². The third-order valence-electron chi connectivity index (χ3n) is 4.17. The molecule has 0 saturated carbocycles. The average Bonchev–Trinajstić information content (AvgIpc) is 3.07. The standard InChI is InChI=1S/C20H21BrClN3O/c1-14(23-11-10-15-4-3-5-17(22)12-15)19-13-20(26-2)25(24-19)18-8-6-16(21)7-9-18/h3-9,12-14,23H,10-11H2,1-2H3/t14-/m1/s1. The average molecular weight is 435 g/mol. The second-order valence-electron chi connectivity index (χ2n) is 6.06. The molecule has 0 aliphatic rings. The maximum Gasteiger partial charge on any atom is 0.216 e. The van der Waals surface area contributed by atoms with Crippen LogP contribution in [0.4, 0.5) is 0 Å². The van der Waals surface area contributed by atoms with Crippen LogP contribution in [0.5, 0.6) is 5.88 Å². The minimum atomic E-state index is 0.111. The second kappa shape index (κ2) is 8.71. The fourth-order valence-electron chi connectivity index (χ4n) is 2.74. The predicted molar refractivity (Wildman–Crippen MR) is 109 cm³/mol. The van der Waals surface area contributed by atoms with Crippen LogP contribution in [0, 0.1) is 0 Å². The molecular weight excluding hydrogens is 414 g/mol. The fourth-order valence-corrected chi connectivity index (χ4v) is 3.21. The van der Waals surface area contributed by atoms with Gasteiger partial charge < -0.3 is 10.1 Å². The van der Waals surface area contributed by atoms with Crippen molar-refractivity contribution in [2.24, 2.45) is 0 Å². The van der Waals surface area contributed by atoms with Crippen LogP contribution in [-0.2, 0) is 6.42 Å². The highest BCUT2D eigenvalue weighted by molar-refractivity contribution is 9.10. The maximum absolute atomic E-state index is 6.04. The Morgan fingerprint density at radius 1 is 1.19 bits per heavy atom. The lowest BCUT2D eigenvalue weighted by molar-refractivity contribution is 0.383. The van der Waals surface area contributed by atoms with Crippen LogP contribution in [0.2, 0.25) is 5.02 Å². The summed E-state index contributed by atoms with van der Waals surface area (Å²) in [5, 5.41) is 9.00.